The number of ether oxygens (including phenoxy) is 1. The number of pyridine rings is 3. The standard InChI is InChI=1S/C29H24FN7O/c30-19-8-6-17(7-9-19)22-10-11-32-28-26(22)34-29(35-28)27-23-13-24(33-16-25(23)36-37-27)18-12-21(15-31-14-18)38-20-4-2-1-3-5-20/h6-16,20H,1-5H2,(H,36,37)(H,32,34,35). The second-order valence-corrected chi connectivity index (χ2v) is 9.62. The Hall–Kier alpha value is -4.66. The van der Waals surface area contributed by atoms with Crippen LogP contribution in [0.5, 0.6) is 5.75 Å². The summed E-state index contributed by atoms with van der Waals surface area (Å²) >= 11 is 0. The summed E-state index contributed by atoms with van der Waals surface area (Å²) in [6.45, 7) is 0. The lowest BCUT2D eigenvalue weighted by Gasteiger charge is -2.22. The molecule has 38 heavy (non-hydrogen) atoms. The first-order valence-corrected chi connectivity index (χ1v) is 12.8. The molecule has 0 bridgehead atoms. The lowest BCUT2D eigenvalue weighted by Crippen LogP contribution is -2.19. The van der Waals surface area contributed by atoms with Crippen molar-refractivity contribution in [3.63, 3.8) is 0 Å². The summed E-state index contributed by atoms with van der Waals surface area (Å²) < 4.78 is 19.7. The van der Waals surface area contributed by atoms with Gasteiger partial charge in [0.2, 0.25) is 0 Å². The first-order valence-electron chi connectivity index (χ1n) is 12.8. The van der Waals surface area contributed by atoms with Crippen LogP contribution in [0.2, 0.25) is 0 Å². The van der Waals surface area contributed by atoms with E-state index in [1.165, 1.54) is 31.4 Å². The Bertz CT molecular complexity index is 1750. The molecular weight excluding hydrogens is 481 g/mol. The maximum Gasteiger partial charge on any atom is 0.178 e. The highest BCUT2D eigenvalue weighted by Gasteiger charge is 2.18. The SMILES string of the molecule is Fc1ccc(-c2ccnc3nc(-c4n[nH]c5cnc(-c6cncc(OC7CCCCC7)c6)cc45)[nH]c23)cc1. The van der Waals surface area contributed by atoms with E-state index in [0.717, 1.165) is 57.4 Å². The average Bonchev–Trinajstić information content (AvgIpc) is 3.58. The minimum Gasteiger partial charge on any atom is -0.489 e. The normalized spacial score (nSPS) is 14.3. The van der Waals surface area contributed by atoms with Crippen LogP contribution >= 0.6 is 0 Å². The fourth-order valence-electron chi connectivity index (χ4n) is 5.15. The van der Waals surface area contributed by atoms with Crippen LogP contribution in [0.15, 0.2) is 67.3 Å². The topological polar surface area (TPSA) is 105 Å². The monoisotopic (exact) mass is 505 g/mol. The summed E-state index contributed by atoms with van der Waals surface area (Å²) in [6.07, 6.45) is 13.1. The fraction of sp³-hybridized carbons (Fsp3) is 0.207. The molecule has 1 aromatic carbocycles. The highest BCUT2D eigenvalue weighted by Crippen LogP contribution is 2.32. The Morgan fingerprint density at radius 1 is 0.895 bits per heavy atom. The van der Waals surface area contributed by atoms with Crippen molar-refractivity contribution in [2.75, 3.05) is 0 Å². The molecule has 1 aliphatic rings. The second kappa shape index (κ2) is 9.33. The highest BCUT2D eigenvalue weighted by molar-refractivity contribution is 5.96. The fourth-order valence-corrected chi connectivity index (χ4v) is 5.15. The Kier molecular flexibility index (Phi) is 5.53. The average molecular weight is 506 g/mol. The quantitative estimate of drug-likeness (QED) is 0.278. The van der Waals surface area contributed by atoms with Crippen LogP contribution < -0.4 is 4.74 Å². The predicted octanol–water partition coefficient (Wildman–Crippen LogP) is 6.48. The van der Waals surface area contributed by atoms with Crippen LogP contribution in [0.25, 0.3) is 56.0 Å². The van der Waals surface area contributed by atoms with Gasteiger partial charge in [0, 0.05) is 28.9 Å². The van der Waals surface area contributed by atoms with E-state index in [1.54, 1.807) is 36.9 Å². The summed E-state index contributed by atoms with van der Waals surface area (Å²) in [4.78, 5) is 21.6. The number of fused-ring (bicyclic) bond motifs is 2. The molecule has 188 valence electrons. The molecule has 5 heterocycles. The van der Waals surface area contributed by atoms with E-state index in [9.17, 15) is 4.39 Å². The van der Waals surface area contributed by atoms with Crippen molar-refractivity contribution in [3.8, 4) is 39.7 Å². The highest BCUT2D eigenvalue weighted by atomic mass is 19.1. The molecule has 0 amide bonds. The van der Waals surface area contributed by atoms with E-state index in [4.69, 9.17) is 9.72 Å². The molecule has 6 aromatic rings. The van der Waals surface area contributed by atoms with Crippen molar-refractivity contribution >= 4 is 22.1 Å². The summed E-state index contributed by atoms with van der Waals surface area (Å²) in [5.74, 6) is 1.07. The molecule has 0 radical (unpaired) electrons. The molecule has 0 saturated heterocycles. The summed E-state index contributed by atoms with van der Waals surface area (Å²) in [6, 6.07) is 12.2. The smallest absolute Gasteiger partial charge is 0.178 e. The predicted molar refractivity (Wildman–Crippen MR) is 143 cm³/mol. The van der Waals surface area contributed by atoms with Gasteiger partial charge in [-0.15, -0.1) is 0 Å². The van der Waals surface area contributed by atoms with Crippen molar-refractivity contribution in [1.29, 1.82) is 0 Å². The number of hydrogen-bond acceptors (Lipinski definition) is 6. The molecule has 1 aliphatic carbocycles. The number of imidazole rings is 1. The van der Waals surface area contributed by atoms with Gasteiger partial charge in [0.15, 0.2) is 11.5 Å². The van der Waals surface area contributed by atoms with E-state index >= 15 is 0 Å². The minimum absolute atomic E-state index is 0.248. The third kappa shape index (κ3) is 4.15. The summed E-state index contributed by atoms with van der Waals surface area (Å²) in [7, 11) is 0. The number of halogens is 1. The van der Waals surface area contributed by atoms with Gasteiger partial charge in [-0.25, -0.2) is 14.4 Å². The van der Waals surface area contributed by atoms with Gasteiger partial charge in [0.1, 0.15) is 17.3 Å². The largest absolute Gasteiger partial charge is 0.489 e. The van der Waals surface area contributed by atoms with Crippen molar-refractivity contribution in [2.24, 2.45) is 0 Å². The van der Waals surface area contributed by atoms with Gasteiger partial charge in [-0.1, -0.05) is 18.6 Å². The number of aromatic nitrogens is 7. The molecule has 0 unspecified atom stereocenters. The molecule has 1 saturated carbocycles. The number of H-pyrrole nitrogens is 2. The van der Waals surface area contributed by atoms with Crippen molar-refractivity contribution in [2.45, 2.75) is 38.2 Å². The third-order valence-electron chi connectivity index (χ3n) is 7.08. The zero-order valence-corrected chi connectivity index (χ0v) is 20.5. The van der Waals surface area contributed by atoms with Gasteiger partial charge in [-0.2, -0.15) is 5.10 Å². The second-order valence-electron chi connectivity index (χ2n) is 9.62. The van der Waals surface area contributed by atoms with Gasteiger partial charge in [0.05, 0.1) is 35.2 Å². The van der Waals surface area contributed by atoms with Crippen LogP contribution in [0.4, 0.5) is 4.39 Å². The van der Waals surface area contributed by atoms with Crippen LogP contribution in [-0.2, 0) is 0 Å². The number of benzene rings is 1. The molecule has 9 heteroatoms. The molecule has 1 fully saturated rings. The lowest BCUT2D eigenvalue weighted by atomic mass is 9.98. The maximum absolute atomic E-state index is 13.5. The van der Waals surface area contributed by atoms with Gasteiger partial charge in [-0.05, 0) is 61.6 Å². The Balaban J connectivity index is 1.25. The maximum atomic E-state index is 13.5. The van der Waals surface area contributed by atoms with Crippen LogP contribution in [0.3, 0.4) is 0 Å². The lowest BCUT2D eigenvalue weighted by molar-refractivity contribution is 0.154. The number of rotatable bonds is 5. The number of nitrogens with zero attached hydrogens (tertiary/aromatic N) is 5. The molecule has 0 aliphatic heterocycles. The Labute approximate surface area is 217 Å². The van der Waals surface area contributed by atoms with E-state index in [1.807, 2.05) is 18.2 Å². The third-order valence-corrected chi connectivity index (χ3v) is 7.08. The number of nitrogens with one attached hydrogen (secondary N) is 2. The molecule has 0 atom stereocenters. The molecule has 0 spiro atoms. The minimum atomic E-state index is -0.280. The summed E-state index contributed by atoms with van der Waals surface area (Å²) in [5.41, 5.74) is 6.17. The zero-order valence-electron chi connectivity index (χ0n) is 20.5. The van der Waals surface area contributed by atoms with Crippen LogP contribution in [0.1, 0.15) is 32.1 Å². The molecule has 7 rings (SSSR count). The van der Waals surface area contributed by atoms with Crippen LogP contribution in [-0.4, -0.2) is 41.2 Å². The van der Waals surface area contributed by atoms with Crippen LogP contribution in [0, 0.1) is 5.82 Å². The Morgan fingerprint density at radius 2 is 1.76 bits per heavy atom. The van der Waals surface area contributed by atoms with E-state index in [-0.39, 0.29) is 11.9 Å². The first-order chi connectivity index (χ1) is 18.7. The van der Waals surface area contributed by atoms with Crippen molar-refractivity contribution in [1.82, 2.24) is 35.1 Å². The summed E-state index contributed by atoms with van der Waals surface area (Å²) in [5, 5.41) is 8.45. The molecule has 2 N–H and O–H groups in total. The van der Waals surface area contributed by atoms with Crippen molar-refractivity contribution < 1.29 is 9.13 Å². The first kappa shape index (κ1) is 22.5. The van der Waals surface area contributed by atoms with Crippen molar-refractivity contribution in [3.05, 3.63) is 73.1 Å². The van der Waals surface area contributed by atoms with Gasteiger partial charge in [-0.3, -0.25) is 15.1 Å². The van der Waals surface area contributed by atoms with Gasteiger partial charge < -0.3 is 9.72 Å². The van der Waals surface area contributed by atoms with Gasteiger partial charge in [0.25, 0.3) is 0 Å². The zero-order chi connectivity index (χ0) is 25.5. The van der Waals surface area contributed by atoms with E-state index in [2.05, 4.69) is 30.1 Å². The number of aromatic amines is 2. The number of hydrogen-bond donors (Lipinski definition) is 2. The van der Waals surface area contributed by atoms with E-state index < -0.39 is 0 Å². The Morgan fingerprint density at radius 3 is 2.63 bits per heavy atom. The molecule has 8 nitrogen and oxygen atoms in total. The molecule has 5 aromatic heterocycles. The van der Waals surface area contributed by atoms with Gasteiger partial charge >= 0.3 is 0 Å². The van der Waals surface area contributed by atoms with E-state index in [0.29, 0.717) is 17.2 Å². The molecular formula is C29H24FN7O.